The van der Waals surface area contributed by atoms with Gasteiger partial charge in [-0.25, -0.2) is 9.59 Å². The molecule has 0 radical (unpaired) electrons. The zero-order chi connectivity index (χ0) is 12.3. The largest absolute Gasteiger partial charge is 0.618 e. The highest BCUT2D eigenvalue weighted by molar-refractivity contribution is 5.93. The van der Waals surface area contributed by atoms with Gasteiger partial charge in [0.2, 0.25) is 0 Å². The van der Waals surface area contributed by atoms with Crippen LogP contribution in [-0.4, -0.2) is 26.2 Å². The monoisotopic (exact) mass is 225 g/mol. The molecule has 0 aliphatic carbocycles. The van der Waals surface area contributed by atoms with Crippen LogP contribution in [0.3, 0.4) is 0 Å². The first kappa shape index (κ1) is 12.0. The number of aryl methyl sites for hydroxylation is 1. The number of carbonyl (C=O) groups excluding carboxylic acids is 2. The van der Waals surface area contributed by atoms with E-state index in [0.29, 0.717) is 4.73 Å². The molecule has 0 saturated carbocycles. The lowest BCUT2D eigenvalue weighted by atomic mass is 10.2. The Morgan fingerprint density at radius 2 is 1.75 bits per heavy atom. The molecule has 0 atom stereocenters. The maximum atomic E-state index is 11.5. The average molecular weight is 225 g/mol. The normalized spacial score (nSPS) is 9.69. The van der Waals surface area contributed by atoms with Gasteiger partial charge in [0.1, 0.15) is 0 Å². The van der Waals surface area contributed by atoms with Crippen LogP contribution >= 0.6 is 0 Å². The van der Waals surface area contributed by atoms with Gasteiger partial charge in [0.05, 0.1) is 19.8 Å². The van der Waals surface area contributed by atoms with Gasteiger partial charge in [0.15, 0.2) is 5.69 Å². The van der Waals surface area contributed by atoms with Crippen molar-refractivity contribution in [1.82, 2.24) is 0 Å². The minimum absolute atomic E-state index is 0.132. The van der Waals surface area contributed by atoms with Crippen molar-refractivity contribution in [3.05, 3.63) is 34.3 Å². The van der Waals surface area contributed by atoms with E-state index in [4.69, 9.17) is 0 Å². The summed E-state index contributed by atoms with van der Waals surface area (Å²) in [6.07, 6.45) is 0. The van der Waals surface area contributed by atoms with Crippen LogP contribution in [-0.2, 0) is 9.47 Å². The van der Waals surface area contributed by atoms with Crippen LogP contribution in [0.1, 0.15) is 26.5 Å². The van der Waals surface area contributed by atoms with Gasteiger partial charge >= 0.3 is 17.6 Å². The van der Waals surface area contributed by atoms with E-state index in [2.05, 4.69) is 9.47 Å². The fourth-order valence-electron chi connectivity index (χ4n) is 1.20. The highest BCUT2D eigenvalue weighted by atomic mass is 16.5. The van der Waals surface area contributed by atoms with E-state index in [9.17, 15) is 14.8 Å². The first-order valence-electron chi connectivity index (χ1n) is 4.42. The van der Waals surface area contributed by atoms with Crippen molar-refractivity contribution in [2.75, 3.05) is 14.2 Å². The summed E-state index contributed by atoms with van der Waals surface area (Å²) in [5.74, 6) is -1.42. The van der Waals surface area contributed by atoms with Crippen LogP contribution in [0.5, 0.6) is 0 Å². The number of hydrogen-bond donors (Lipinski definition) is 0. The quantitative estimate of drug-likeness (QED) is 0.408. The zero-order valence-electron chi connectivity index (χ0n) is 9.14. The van der Waals surface area contributed by atoms with Gasteiger partial charge in [-0.15, -0.1) is 0 Å². The molecule has 16 heavy (non-hydrogen) atoms. The summed E-state index contributed by atoms with van der Waals surface area (Å²) in [4.78, 5) is 22.5. The summed E-state index contributed by atoms with van der Waals surface area (Å²) in [7, 11) is 2.37. The van der Waals surface area contributed by atoms with Crippen molar-refractivity contribution in [3.8, 4) is 0 Å². The molecular formula is C10H11NO5. The van der Waals surface area contributed by atoms with Gasteiger partial charge < -0.3 is 14.7 Å². The van der Waals surface area contributed by atoms with Crippen molar-refractivity contribution in [2.24, 2.45) is 0 Å². The third-order valence-corrected chi connectivity index (χ3v) is 2.01. The van der Waals surface area contributed by atoms with Gasteiger partial charge in [0.25, 0.3) is 0 Å². The fraction of sp³-hybridized carbons (Fsp3) is 0.300. The number of hydrogen-bond acceptors (Lipinski definition) is 5. The lowest BCUT2D eigenvalue weighted by molar-refractivity contribution is -0.615. The molecule has 1 heterocycles. The van der Waals surface area contributed by atoms with E-state index in [1.807, 2.05) is 0 Å². The molecule has 0 N–H and O–H groups in total. The van der Waals surface area contributed by atoms with Gasteiger partial charge in [-0.05, 0) is 0 Å². The number of carbonyl (C=O) groups is 2. The number of ether oxygens (including phenoxy) is 2. The second-order valence-electron chi connectivity index (χ2n) is 3.05. The predicted molar refractivity (Wildman–Crippen MR) is 52.8 cm³/mol. The summed E-state index contributed by atoms with van der Waals surface area (Å²) < 4.78 is 9.33. The number of pyridine rings is 1. The van der Waals surface area contributed by atoms with Gasteiger partial charge in [-0.2, -0.15) is 4.73 Å². The van der Waals surface area contributed by atoms with Crippen LogP contribution in [0.15, 0.2) is 12.1 Å². The van der Waals surface area contributed by atoms with E-state index < -0.39 is 11.9 Å². The number of aromatic nitrogens is 1. The molecule has 0 bridgehead atoms. The molecule has 0 aliphatic heterocycles. The predicted octanol–water partition coefficient (Wildman–Crippen LogP) is 0.202. The standard InChI is InChI=1S/C10H11NO5/c1-6-4-7(9(12)15-2)5-8(11(6)14)10(13)16-3/h4-5H,1-3H3. The summed E-state index contributed by atoms with van der Waals surface area (Å²) in [6.45, 7) is 1.48. The third kappa shape index (κ3) is 2.10. The molecule has 0 unspecified atom stereocenters. The van der Waals surface area contributed by atoms with E-state index in [1.54, 1.807) is 0 Å². The Kier molecular flexibility index (Phi) is 3.44. The Bertz CT molecular complexity index is 441. The molecule has 1 aromatic rings. The molecule has 1 aromatic heterocycles. The van der Waals surface area contributed by atoms with Crippen LogP contribution in [0.25, 0.3) is 0 Å². The number of nitrogens with zero attached hydrogens (tertiary/aromatic N) is 1. The number of esters is 2. The molecule has 0 aromatic carbocycles. The maximum absolute atomic E-state index is 11.5. The Morgan fingerprint density at radius 1 is 1.19 bits per heavy atom. The molecule has 6 heteroatoms. The minimum Gasteiger partial charge on any atom is -0.618 e. The lowest BCUT2D eigenvalue weighted by Gasteiger charge is -2.07. The molecule has 0 saturated heterocycles. The van der Waals surface area contributed by atoms with Crippen LogP contribution in [0.4, 0.5) is 0 Å². The van der Waals surface area contributed by atoms with Crippen molar-refractivity contribution in [1.29, 1.82) is 0 Å². The Labute approximate surface area is 92.0 Å². The van der Waals surface area contributed by atoms with E-state index in [-0.39, 0.29) is 17.0 Å². The second kappa shape index (κ2) is 4.61. The molecule has 0 amide bonds. The maximum Gasteiger partial charge on any atom is 0.404 e. The van der Waals surface area contributed by atoms with Crippen molar-refractivity contribution in [2.45, 2.75) is 6.92 Å². The SMILES string of the molecule is COC(=O)c1cc(C)[n+]([O-])c(C(=O)OC)c1. The first-order valence-corrected chi connectivity index (χ1v) is 4.42. The van der Waals surface area contributed by atoms with Crippen molar-refractivity contribution >= 4 is 11.9 Å². The summed E-state index contributed by atoms with van der Waals surface area (Å²) >= 11 is 0. The fourth-order valence-corrected chi connectivity index (χ4v) is 1.20. The average Bonchev–Trinajstić information content (AvgIpc) is 2.30. The van der Waals surface area contributed by atoms with Crippen LogP contribution in [0, 0.1) is 12.1 Å². The van der Waals surface area contributed by atoms with Gasteiger partial charge in [-0.3, -0.25) is 0 Å². The van der Waals surface area contributed by atoms with Gasteiger partial charge in [-0.1, -0.05) is 0 Å². The summed E-state index contributed by atoms with van der Waals surface area (Å²) in [6, 6.07) is 2.48. The van der Waals surface area contributed by atoms with Crippen molar-refractivity contribution in [3.63, 3.8) is 0 Å². The minimum atomic E-state index is -0.802. The molecule has 0 spiro atoms. The molecule has 1 rings (SSSR count). The van der Waals surface area contributed by atoms with E-state index >= 15 is 0 Å². The van der Waals surface area contributed by atoms with Gasteiger partial charge in [0, 0.05) is 19.1 Å². The van der Waals surface area contributed by atoms with Crippen LogP contribution in [0.2, 0.25) is 0 Å². The van der Waals surface area contributed by atoms with Crippen LogP contribution < -0.4 is 4.73 Å². The molecule has 0 fully saturated rings. The molecule has 6 nitrogen and oxygen atoms in total. The van der Waals surface area contributed by atoms with Crippen molar-refractivity contribution < 1.29 is 23.8 Å². The highest BCUT2D eigenvalue weighted by Gasteiger charge is 2.22. The second-order valence-corrected chi connectivity index (χ2v) is 3.05. The Hall–Kier alpha value is -2.11. The first-order chi connectivity index (χ1) is 7.51. The summed E-state index contributed by atoms with van der Waals surface area (Å²) in [5, 5.41) is 11.5. The zero-order valence-corrected chi connectivity index (χ0v) is 9.14. The molecular weight excluding hydrogens is 214 g/mol. The molecule has 86 valence electrons. The number of rotatable bonds is 2. The highest BCUT2D eigenvalue weighted by Crippen LogP contribution is 2.06. The van der Waals surface area contributed by atoms with E-state index in [0.717, 1.165) is 13.2 Å². The third-order valence-electron chi connectivity index (χ3n) is 2.01. The van der Waals surface area contributed by atoms with E-state index in [1.165, 1.54) is 20.1 Å². The lowest BCUT2D eigenvalue weighted by Crippen LogP contribution is -2.38. The Balaban J connectivity index is 3.33. The summed E-state index contributed by atoms with van der Waals surface area (Å²) in [5.41, 5.74) is 0.0960. The molecule has 0 aliphatic rings. The number of methoxy groups -OCH3 is 2. The smallest absolute Gasteiger partial charge is 0.404 e. The topological polar surface area (TPSA) is 79.5 Å². The Morgan fingerprint density at radius 3 is 2.25 bits per heavy atom.